The Hall–Kier alpha value is -1.32. The molecule has 0 bridgehead atoms. The molecule has 0 fully saturated rings. The Morgan fingerprint density at radius 1 is 0.810 bits per heavy atom. The minimum Gasteiger partial charge on any atom is -0.290 e. The van der Waals surface area contributed by atoms with Crippen LogP contribution >= 0.6 is 0 Å². The lowest BCUT2D eigenvalue weighted by molar-refractivity contribution is -0.171. The fourth-order valence-electron chi connectivity index (χ4n) is 2.28. The maximum absolute atomic E-state index is 12.0. The average molecular weight is 300 g/mol. The summed E-state index contributed by atoms with van der Waals surface area (Å²) in [6.45, 7) is 0. The number of aryl methyl sites for hydroxylation is 1. The molecule has 0 unspecified atom stereocenters. The standard InChI is InChI=1S/C17H23F3O/c18-17(19,20)16(21)14-10-5-3-1-2-4-7-11-15-12-8-6-9-13-15/h6,8-9,12-13H,1-5,7,10-11,14H2. The number of ketones is 1. The first kappa shape index (κ1) is 17.7. The molecule has 4 heteroatoms. The Kier molecular flexibility index (Phi) is 8.09. The fourth-order valence-corrected chi connectivity index (χ4v) is 2.28. The van der Waals surface area contributed by atoms with E-state index in [1.807, 2.05) is 18.2 Å². The molecule has 0 aliphatic heterocycles. The average Bonchev–Trinajstić information content (AvgIpc) is 2.45. The van der Waals surface area contributed by atoms with Crippen molar-refractivity contribution in [1.29, 1.82) is 0 Å². The Labute approximate surface area is 124 Å². The molecule has 0 radical (unpaired) electrons. The maximum atomic E-state index is 12.0. The smallest absolute Gasteiger partial charge is 0.290 e. The summed E-state index contributed by atoms with van der Waals surface area (Å²) in [6, 6.07) is 10.3. The van der Waals surface area contributed by atoms with Gasteiger partial charge in [0.05, 0.1) is 0 Å². The first-order valence-corrected chi connectivity index (χ1v) is 7.64. The largest absolute Gasteiger partial charge is 0.449 e. The predicted octanol–water partition coefficient (Wildman–Crippen LogP) is 5.48. The van der Waals surface area contributed by atoms with E-state index in [0.717, 1.165) is 38.5 Å². The van der Waals surface area contributed by atoms with Gasteiger partial charge in [0.1, 0.15) is 0 Å². The number of carbonyl (C=O) groups is 1. The molecule has 0 saturated heterocycles. The Balaban J connectivity index is 1.90. The van der Waals surface area contributed by atoms with Crippen LogP contribution in [-0.4, -0.2) is 12.0 Å². The van der Waals surface area contributed by atoms with Crippen molar-refractivity contribution in [2.45, 2.75) is 64.0 Å². The third-order valence-corrected chi connectivity index (χ3v) is 3.53. The lowest BCUT2D eigenvalue weighted by atomic mass is 10.0. The Bertz CT molecular complexity index is 398. The van der Waals surface area contributed by atoms with Crippen molar-refractivity contribution in [3.63, 3.8) is 0 Å². The van der Waals surface area contributed by atoms with Crippen LogP contribution in [0.1, 0.15) is 56.9 Å². The highest BCUT2D eigenvalue weighted by atomic mass is 19.4. The summed E-state index contributed by atoms with van der Waals surface area (Å²) in [5.41, 5.74) is 1.35. The van der Waals surface area contributed by atoms with Gasteiger partial charge in [-0.3, -0.25) is 4.79 Å². The van der Waals surface area contributed by atoms with Crippen LogP contribution in [0, 0.1) is 0 Å². The molecule has 0 N–H and O–H groups in total. The second-order valence-electron chi connectivity index (χ2n) is 5.38. The quantitative estimate of drug-likeness (QED) is 0.523. The van der Waals surface area contributed by atoms with Crippen molar-refractivity contribution >= 4 is 5.78 Å². The van der Waals surface area contributed by atoms with Crippen LogP contribution in [0.15, 0.2) is 30.3 Å². The highest BCUT2D eigenvalue weighted by Gasteiger charge is 2.36. The molecule has 0 saturated carbocycles. The van der Waals surface area contributed by atoms with Crippen molar-refractivity contribution in [1.82, 2.24) is 0 Å². The molecule has 1 aromatic rings. The van der Waals surface area contributed by atoms with Gasteiger partial charge in [0.15, 0.2) is 0 Å². The number of hydrogen-bond acceptors (Lipinski definition) is 1. The van der Waals surface area contributed by atoms with Crippen molar-refractivity contribution < 1.29 is 18.0 Å². The number of carbonyl (C=O) groups excluding carboxylic acids is 1. The van der Waals surface area contributed by atoms with Gasteiger partial charge < -0.3 is 0 Å². The zero-order valence-corrected chi connectivity index (χ0v) is 12.3. The van der Waals surface area contributed by atoms with Gasteiger partial charge in [-0.25, -0.2) is 0 Å². The van der Waals surface area contributed by atoms with Gasteiger partial charge in [0.2, 0.25) is 5.78 Å². The summed E-state index contributed by atoms with van der Waals surface area (Å²) < 4.78 is 35.9. The number of benzene rings is 1. The summed E-state index contributed by atoms with van der Waals surface area (Å²) >= 11 is 0. The van der Waals surface area contributed by atoms with Crippen molar-refractivity contribution in [3.8, 4) is 0 Å². The molecule has 1 nitrogen and oxygen atoms in total. The summed E-state index contributed by atoms with van der Waals surface area (Å²) in [4.78, 5) is 10.6. The van der Waals surface area contributed by atoms with E-state index < -0.39 is 12.0 Å². The van der Waals surface area contributed by atoms with Gasteiger partial charge in [-0.05, 0) is 24.8 Å². The molecular formula is C17H23F3O. The van der Waals surface area contributed by atoms with Crippen LogP contribution in [0.2, 0.25) is 0 Å². The molecule has 0 spiro atoms. The van der Waals surface area contributed by atoms with E-state index in [9.17, 15) is 18.0 Å². The van der Waals surface area contributed by atoms with Crippen LogP contribution in [0.25, 0.3) is 0 Å². The molecular weight excluding hydrogens is 277 g/mol. The molecule has 0 amide bonds. The minimum atomic E-state index is -4.66. The summed E-state index contributed by atoms with van der Waals surface area (Å²) in [6.07, 6.45) is 2.48. The topological polar surface area (TPSA) is 17.1 Å². The number of hydrogen-bond donors (Lipinski definition) is 0. The Morgan fingerprint density at radius 3 is 1.90 bits per heavy atom. The molecule has 0 aromatic heterocycles. The van der Waals surface area contributed by atoms with Crippen molar-refractivity contribution in [2.24, 2.45) is 0 Å². The molecule has 0 atom stereocenters. The number of rotatable bonds is 10. The first-order chi connectivity index (χ1) is 10.00. The van der Waals surface area contributed by atoms with Gasteiger partial charge in [-0.15, -0.1) is 0 Å². The van der Waals surface area contributed by atoms with Crippen LogP contribution in [0.5, 0.6) is 0 Å². The molecule has 0 aliphatic rings. The number of Topliss-reactive ketones (excluding diaryl/α,β-unsaturated/α-hetero) is 1. The second kappa shape index (κ2) is 9.59. The SMILES string of the molecule is O=C(CCCCCCCCCc1ccccc1)C(F)(F)F. The zero-order chi connectivity index (χ0) is 15.6. The van der Waals surface area contributed by atoms with Crippen molar-refractivity contribution in [2.75, 3.05) is 0 Å². The van der Waals surface area contributed by atoms with E-state index >= 15 is 0 Å². The van der Waals surface area contributed by atoms with E-state index in [1.54, 1.807) is 0 Å². The third-order valence-electron chi connectivity index (χ3n) is 3.53. The lowest BCUT2D eigenvalue weighted by Crippen LogP contribution is -2.22. The van der Waals surface area contributed by atoms with E-state index in [2.05, 4.69) is 12.1 Å². The highest BCUT2D eigenvalue weighted by Crippen LogP contribution is 2.20. The van der Waals surface area contributed by atoms with Crippen LogP contribution in [0.4, 0.5) is 13.2 Å². The van der Waals surface area contributed by atoms with Gasteiger partial charge in [-0.1, -0.05) is 62.4 Å². The fraction of sp³-hybridized carbons (Fsp3) is 0.588. The van der Waals surface area contributed by atoms with E-state index in [-0.39, 0.29) is 6.42 Å². The van der Waals surface area contributed by atoms with E-state index in [1.165, 1.54) is 5.56 Å². The number of halogens is 3. The highest BCUT2D eigenvalue weighted by molar-refractivity contribution is 5.83. The maximum Gasteiger partial charge on any atom is 0.449 e. The summed E-state index contributed by atoms with van der Waals surface area (Å²) in [7, 11) is 0. The molecule has 1 aromatic carbocycles. The van der Waals surface area contributed by atoms with Gasteiger partial charge in [0, 0.05) is 6.42 Å². The monoisotopic (exact) mass is 300 g/mol. The minimum absolute atomic E-state index is 0.350. The molecule has 1 rings (SSSR count). The van der Waals surface area contributed by atoms with E-state index in [4.69, 9.17) is 0 Å². The Morgan fingerprint density at radius 2 is 1.33 bits per heavy atom. The van der Waals surface area contributed by atoms with Gasteiger partial charge in [0.25, 0.3) is 0 Å². The van der Waals surface area contributed by atoms with Crippen LogP contribution < -0.4 is 0 Å². The van der Waals surface area contributed by atoms with Crippen molar-refractivity contribution in [3.05, 3.63) is 35.9 Å². The predicted molar refractivity (Wildman–Crippen MR) is 78.1 cm³/mol. The summed E-state index contributed by atoms with van der Waals surface area (Å²) in [5, 5.41) is 0. The number of alkyl halides is 3. The lowest BCUT2D eigenvalue weighted by Gasteiger charge is -2.05. The first-order valence-electron chi connectivity index (χ1n) is 7.64. The molecule has 21 heavy (non-hydrogen) atoms. The summed E-state index contributed by atoms with van der Waals surface area (Å²) in [5.74, 6) is -1.59. The molecule has 0 heterocycles. The number of unbranched alkanes of at least 4 members (excludes halogenated alkanes) is 6. The normalized spacial score (nSPS) is 11.6. The van der Waals surface area contributed by atoms with Crippen LogP contribution in [0.3, 0.4) is 0 Å². The van der Waals surface area contributed by atoms with Gasteiger partial charge >= 0.3 is 6.18 Å². The van der Waals surface area contributed by atoms with Crippen LogP contribution in [-0.2, 0) is 11.2 Å². The van der Waals surface area contributed by atoms with E-state index in [0.29, 0.717) is 12.8 Å². The van der Waals surface area contributed by atoms with Gasteiger partial charge in [-0.2, -0.15) is 13.2 Å². The molecule has 118 valence electrons. The zero-order valence-electron chi connectivity index (χ0n) is 12.3. The third kappa shape index (κ3) is 8.53. The molecule has 0 aliphatic carbocycles. The second-order valence-corrected chi connectivity index (χ2v) is 5.38.